The average molecular weight is 299 g/mol. The number of hydrogen-bond donors (Lipinski definition) is 0. The zero-order valence-electron chi connectivity index (χ0n) is 11.0. The van der Waals surface area contributed by atoms with Crippen LogP contribution in [0.2, 0.25) is 0 Å². The Balaban J connectivity index is 2.48. The van der Waals surface area contributed by atoms with Crippen LogP contribution in [0.1, 0.15) is 45.2 Å². The zero-order chi connectivity index (χ0) is 12.5. The van der Waals surface area contributed by atoms with E-state index in [4.69, 9.17) is 0 Å². The van der Waals surface area contributed by atoms with E-state index in [1.54, 1.807) is 0 Å². The third-order valence-electron chi connectivity index (χ3n) is 2.83. The van der Waals surface area contributed by atoms with Gasteiger partial charge in [0.05, 0.1) is 5.69 Å². The summed E-state index contributed by atoms with van der Waals surface area (Å²) in [7, 11) is 0. The van der Waals surface area contributed by atoms with Crippen LogP contribution >= 0.6 is 15.9 Å². The Bertz CT molecular complexity index is 290. The molecule has 1 aromatic rings. The van der Waals surface area contributed by atoms with Crippen molar-refractivity contribution < 1.29 is 0 Å². The molecule has 3 heteroatoms. The first-order chi connectivity index (χ1) is 8.26. The monoisotopic (exact) mass is 298 g/mol. The normalized spacial score (nSPS) is 11.1. The standard InChI is InChI=1S/C14H23BrN2/c1-3-5-9-17(10-6-4-2)12-14-8-7-13(15)11-16-14/h7-8,11H,3-6,9-10,12H2,1-2H3. The molecule has 17 heavy (non-hydrogen) atoms. The maximum absolute atomic E-state index is 4.45. The molecule has 1 rings (SSSR count). The molecule has 0 unspecified atom stereocenters. The van der Waals surface area contributed by atoms with Crippen molar-refractivity contribution in [2.24, 2.45) is 0 Å². The van der Waals surface area contributed by atoms with E-state index in [0.29, 0.717) is 0 Å². The molecule has 0 saturated heterocycles. The molecule has 1 aromatic heterocycles. The number of aromatic nitrogens is 1. The highest BCUT2D eigenvalue weighted by Crippen LogP contribution is 2.10. The summed E-state index contributed by atoms with van der Waals surface area (Å²) in [5.74, 6) is 0. The molecule has 0 aliphatic carbocycles. The molecule has 0 aromatic carbocycles. The van der Waals surface area contributed by atoms with Gasteiger partial charge in [0.1, 0.15) is 0 Å². The van der Waals surface area contributed by atoms with Crippen LogP contribution in [0.5, 0.6) is 0 Å². The number of rotatable bonds is 8. The molecule has 0 N–H and O–H groups in total. The number of halogens is 1. The van der Waals surface area contributed by atoms with Gasteiger partial charge >= 0.3 is 0 Å². The van der Waals surface area contributed by atoms with Crippen molar-refractivity contribution in [3.05, 3.63) is 28.5 Å². The number of hydrogen-bond acceptors (Lipinski definition) is 2. The van der Waals surface area contributed by atoms with Crippen molar-refractivity contribution in [2.45, 2.75) is 46.1 Å². The van der Waals surface area contributed by atoms with Gasteiger partial charge in [0.15, 0.2) is 0 Å². The summed E-state index contributed by atoms with van der Waals surface area (Å²) < 4.78 is 1.05. The predicted molar refractivity (Wildman–Crippen MR) is 77.0 cm³/mol. The van der Waals surface area contributed by atoms with Gasteiger partial charge in [0.25, 0.3) is 0 Å². The highest BCUT2D eigenvalue weighted by Gasteiger charge is 2.05. The fraction of sp³-hybridized carbons (Fsp3) is 0.643. The first kappa shape index (κ1) is 14.7. The van der Waals surface area contributed by atoms with Crippen LogP contribution in [-0.2, 0) is 6.54 Å². The molecule has 0 saturated carbocycles. The van der Waals surface area contributed by atoms with E-state index in [-0.39, 0.29) is 0 Å². The molecule has 1 heterocycles. The third kappa shape index (κ3) is 6.18. The van der Waals surface area contributed by atoms with Crippen LogP contribution in [0.4, 0.5) is 0 Å². The second-order valence-corrected chi connectivity index (χ2v) is 5.37. The summed E-state index contributed by atoms with van der Waals surface area (Å²) in [4.78, 5) is 6.96. The summed E-state index contributed by atoms with van der Waals surface area (Å²) in [6.07, 6.45) is 6.96. The van der Waals surface area contributed by atoms with E-state index in [9.17, 15) is 0 Å². The van der Waals surface area contributed by atoms with Gasteiger partial charge in [-0.25, -0.2) is 0 Å². The fourth-order valence-electron chi connectivity index (χ4n) is 1.76. The van der Waals surface area contributed by atoms with Crippen molar-refractivity contribution >= 4 is 15.9 Å². The lowest BCUT2D eigenvalue weighted by Gasteiger charge is -2.21. The highest BCUT2D eigenvalue weighted by atomic mass is 79.9. The van der Waals surface area contributed by atoms with Crippen LogP contribution < -0.4 is 0 Å². The molecule has 0 radical (unpaired) electrons. The Kier molecular flexibility index (Phi) is 7.45. The Hall–Kier alpha value is -0.410. The minimum Gasteiger partial charge on any atom is -0.298 e. The molecule has 0 aliphatic heterocycles. The van der Waals surface area contributed by atoms with Gasteiger partial charge in [-0.2, -0.15) is 0 Å². The number of pyridine rings is 1. The van der Waals surface area contributed by atoms with Crippen LogP contribution in [0.15, 0.2) is 22.8 Å². The van der Waals surface area contributed by atoms with Crippen LogP contribution in [-0.4, -0.2) is 23.0 Å². The largest absolute Gasteiger partial charge is 0.298 e. The summed E-state index contributed by atoms with van der Waals surface area (Å²) >= 11 is 3.42. The first-order valence-electron chi connectivity index (χ1n) is 6.59. The molecule has 0 fully saturated rings. The quantitative estimate of drug-likeness (QED) is 0.713. The van der Waals surface area contributed by atoms with Crippen molar-refractivity contribution in [2.75, 3.05) is 13.1 Å². The van der Waals surface area contributed by atoms with Gasteiger partial charge in [-0.15, -0.1) is 0 Å². The smallest absolute Gasteiger partial charge is 0.0544 e. The Labute approximate surface area is 114 Å². The second kappa shape index (κ2) is 8.65. The van der Waals surface area contributed by atoms with Crippen LogP contribution in [0, 0.1) is 0 Å². The van der Waals surface area contributed by atoms with E-state index in [2.05, 4.69) is 51.8 Å². The highest BCUT2D eigenvalue weighted by molar-refractivity contribution is 9.10. The molecular formula is C14H23BrN2. The summed E-state index contributed by atoms with van der Waals surface area (Å²) in [5, 5.41) is 0. The van der Waals surface area contributed by atoms with Gasteiger partial charge < -0.3 is 0 Å². The number of unbranched alkanes of at least 4 members (excludes halogenated alkanes) is 2. The minimum atomic E-state index is 0.979. The van der Waals surface area contributed by atoms with E-state index in [1.165, 1.54) is 44.5 Å². The molecule has 0 amide bonds. The summed E-state index contributed by atoms with van der Waals surface area (Å²) in [6, 6.07) is 4.18. The maximum atomic E-state index is 4.45. The van der Waals surface area contributed by atoms with Gasteiger partial charge in [0.2, 0.25) is 0 Å². The Morgan fingerprint density at radius 1 is 1.12 bits per heavy atom. The Morgan fingerprint density at radius 3 is 2.24 bits per heavy atom. The Morgan fingerprint density at radius 2 is 1.76 bits per heavy atom. The fourth-order valence-corrected chi connectivity index (χ4v) is 2.00. The summed E-state index contributed by atoms with van der Waals surface area (Å²) in [5.41, 5.74) is 1.17. The lowest BCUT2D eigenvalue weighted by molar-refractivity contribution is 0.254. The van der Waals surface area contributed by atoms with Crippen molar-refractivity contribution in [1.82, 2.24) is 9.88 Å². The van der Waals surface area contributed by atoms with E-state index < -0.39 is 0 Å². The molecule has 2 nitrogen and oxygen atoms in total. The third-order valence-corrected chi connectivity index (χ3v) is 3.30. The molecule has 0 bridgehead atoms. The number of nitrogens with zero attached hydrogens (tertiary/aromatic N) is 2. The van der Waals surface area contributed by atoms with Gasteiger partial charge in [-0.3, -0.25) is 9.88 Å². The van der Waals surface area contributed by atoms with E-state index >= 15 is 0 Å². The van der Waals surface area contributed by atoms with Crippen molar-refractivity contribution in [1.29, 1.82) is 0 Å². The van der Waals surface area contributed by atoms with E-state index in [0.717, 1.165) is 11.0 Å². The summed E-state index contributed by atoms with van der Waals surface area (Å²) in [6.45, 7) is 7.85. The topological polar surface area (TPSA) is 16.1 Å². The molecule has 0 atom stereocenters. The molecule has 96 valence electrons. The molecular weight excluding hydrogens is 276 g/mol. The lowest BCUT2D eigenvalue weighted by atomic mass is 10.2. The van der Waals surface area contributed by atoms with Gasteiger partial charge in [0, 0.05) is 17.2 Å². The van der Waals surface area contributed by atoms with Crippen molar-refractivity contribution in [3.63, 3.8) is 0 Å². The average Bonchev–Trinajstić information content (AvgIpc) is 2.35. The van der Waals surface area contributed by atoms with Gasteiger partial charge in [-0.05, 0) is 54.0 Å². The predicted octanol–water partition coefficient (Wildman–Crippen LogP) is 4.25. The molecule has 0 aliphatic rings. The minimum absolute atomic E-state index is 0.979. The maximum Gasteiger partial charge on any atom is 0.0544 e. The van der Waals surface area contributed by atoms with Crippen LogP contribution in [0.3, 0.4) is 0 Å². The zero-order valence-corrected chi connectivity index (χ0v) is 12.5. The van der Waals surface area contributed by atoms with Crippen molar-refractivity contribution in [3.8, 4) is 0 Å². The lowest BCUT2D eigenvalue weighted by Crippen LogP contribution is -2.26. The van der Waals surface area contributed by atoms with Gasteiger partial charge in [-0.1, -0.05) is 26.7 Å². The second-order valence-electron chi connectivity index (χ2n) is 4.45. The van der Waals surface area contributed by atoms with Crippen LogP contribution in [0.25, 0.3) is 0 Å². The molecule has 0 spiro atoms. The van der Waals surface area contributed by atoms with E-state index in [1.807, 2.05) is 6.20 Å². The SMILES string of the molecule is CCCCN(CCCC)Cc1ccc(Br)cn1. The first-order valence-corrected chi connectivity index (χ1v) is 7.38.